The van der Waals surface area contributed by atoms with Gasteiger partial charge in [-0.05, 0) is 12.1 Å². The molecule has 2 aromatic rings. The van der Waals surface area contributed by atoms with Crippen LogP contribution in [0.5, 0.6) is 0 Å². The number of nitrogens with one attached hydrogen (secondary N) is 1. The predicted octanol–water partition coefficient (Wildman–Crippen LogP) is 0.833. The second kappa shape index (κ2) is 4.71. The topological polar surface area (TPSA) is 81.9 Å². The molecular formula is C11H13F2N5. The van der Waals surface area contributed by atoms with Gasteiger partial charge < -0.3 is 5.73 Å². The number of anilines is 1. The Labute approximate surface area is 102 Å². The van der Waals surface area contributed by atoms with Crippen molar-refractivity contribution in [2.75, 3.05) is 5.73 Å². The molecule has 5 nitrogen and oxygen atoms in total. The molecule has 1 atom stereocenters. The van der Waals surface area contributed by atoms with E-state index in [1.807, 2.05) is 0 Å². The molecule has 2 rings (SSSR count). The summed E-state index contributed by atoms with van der Waals surface area (Å²) in [5, 5.41) is 3.92. The van der Waals surface area contributed by atoms with Gasteiger partial charge in [-0.2, -0.15) is 5.10 Å². The maximum absolute atomic E-state index is 13.7. The van der Waals surface area contributed by atoms with Gasteiger partial charge in [0.15, 0.2) is 0 Å². The second-order valence-corrected chi connectivity index (χ2v) is 3.84. The first kappa shape index (κ1) is 12.5. The summed E-state index contributed by atoms with van der Waals surface area (Å²) in [6, 6.07) is 2.72. The van der Waals surface area contributed by atoms with E-state index < -0.39 is 17.7 Å². The van der Waals surface area contributed by atoms with Crippen LogP contribution < -0.4 is 17.0 Å². The molecule has 18 heavy (non-hydrogen) atoms. The van der Waals surface area contributed by atoms with E-state index in [0.29, 0.717) is 11.4 Å². The Morgan fingerprint density at radius 1 is 1.33 bits per heavy atom. The Morgan fingerprint density at radius 2 is 1.94 bits per heavy atom. The number of benzene rings is 1. The van der Waals surface area contributed by atoms with E-state index in [4.69, 9.17) is 11.6 Å². The van der Waals surface area contributed by atoms with Gasteiger partial charge in [-0.15, -0.1) is 0 Å². The largest absolute Gasteiger partial charge is 0.384 e. The fourth-order valence-electron chi connectivity index (χ4n) is 1.80. The zero-order valence-corrected chi connectivity index (χ0v) is 9.69. The lowest BCUT2D eigenvalue weighted by atomic mass is 10.0. The average molecular weight is 253 g/mol. The Hall–Kier alpha value is -1.99. The summed E-state index contributed by atoms with van der Waals surface area (Å²) in [7, 11) is 1.63. The van der Waals surface area contributed by atoms with Crippen LogP contribution in [0.2, 0.25) is 0 Å². The van der Waals surface area contributed by atoms with Crippen LogP contribution >= 0.6 is 0 Å². The van der Waals surface area contributed by atoms with Crippen molar-refractivity contribution in [1.82, 2.24) is 15.2 Å². The van der Waals surface area contributed by atoms with Gasteiger partial charge in [0, 0.05) is 18.2 Å². The minimum Gasteiger partial charge on any atom is -0.384 e. The SMILES string of the molecule is Cn1ncc(C(NN)c2c(F)cccc2F)c1N. The van der Waals surface area contributed by atoms with E-state index in [1.165, 1.54) is 16.9 Å². The minimum atomic E-state index is -0.889. The molecule has 96 valence electrons. The van der Waals surface area contributed by atoms with Crippen molar-refractivity contribution in [3.05, 3.63) is 47.2 Å². The predicted molar refractivity (Wildman–Crippen MR) is 63.1 cm³/mol. The van der Waals surface area contributed by atoms with Gasteiger partial charge in [0.25, 0.3) is 0 Å². The van der Waals surface area contributed by atoms with Gasteiger partial charge in [-0.1, -0.05) is 6.07 Å². The summed E-state index contributed by atoms with van der Waals surface area (Å²) in [4.78, 5) is 0. The van der Waals surface area contributed by atoms with Crippen LogP contribution in [0.4, 0.5) is 14.6 Å². The van der Waals surface area contributed by atoms with E-state index in [9.17, 15) is 8.78 Å². The highest BCUT2D eigenvalue weighted by Crippen LogP contribution is 2.29. The summed E-state index contributed by atoms with van der Waals surface area (Å²) in [5.41, 5.74) is 8.37. The van der Waals surface area contributed by atoms with Gasteiger partial charge in [0.2, 0.25) is 0 Å². The van der Waals surface area contributed by atoms with Crippen LogP contribution in [-0.4, -0.2) is 9.78 Å². The first-order chi connectivity index (χ1) is 8.56. The lowest BCUT2D eigenvalue weighted by Gasteiger charge is -2.17. The number of hydrogen-bond acceptors (Lipinski definition) is 4. The lowest BCUT2D eigenvalue weighted by molar-refractivity contribution is 0.511. The lowest BCUT2D eigenvalue weighted by Crippen LogP contribution is -2.30. The normalized spacial score (nSPS) is 12.7. The summed E-state index contributed by atoms with van der Waals surface area (Å²) >= 11 is 0. The molecule has 1 unspecified atom stereocenters. The zero-order valence-electron chi connectivity index (χ0n) is 9.69. The Morgan fingerprint density at radius 3 is 2.39 bits per heavy atom. The Balaban J connectivity index is 2.56. The highest BCUT2D eigenvalue weighted by molar-refractivity contribution is 5.45. The number of nitrogen functional groups attached to an aromatic ring is 1. The number of nitrogens with zero attached hydrogens (tertiary/aromatic N) is 2. The van der Waals surface area contributed by atoms with E-state index in [2.05, 4.69) is 10.5 Å². The van der Waals surface area contributed by atoms with Crippen LogP contribution in [-0.2, 0) is 7.05 Å². The molecule has 0 aliphatic rings. The number of aromatic nitrogens is 2. The maximum Gasteiger partial charge on any atom is 0.131 e. The molecule has 1 aromatic carbocycles. The molecule has 0 radical (unpaired) electrons. The van der Waals surface area contributed by atoms with E-state index in [-0.39, 0.29) is 5.56 Å². The molecule has 0 saturated carbocycles. The smallest absolute Gasteiger partial charge is 0.131 e. The number of aryl methyl sites for hydroxylation is 1. The summed E-state index contributed by atoms with van der Waals surface area (Å²) < 4.78 is 28.8. The monoisotopic (exact) mass is 253 g/mol. The molecule has 0 amide bonds. The summed E-state index contributed by atoms with van der Waals surface area (Å²) in [6.07, 6.45) is 1.42. The quantitative estimate of drug-likeness (QED) is 0.559. The molecule has 0 aliphatic carbocycles. The van der Waals surface area contributed by atoms with Crippen molar-refractivity contribution in [2.24, 2.45) is 12.9 Å². The molecular weight excluding hydrogens is 240 g/mol. The highest BCUT2D eigenvalue weighted by Gasteiger charge is 2.24. The van der Waals surface area contributed by atoms with E-state index in [0.717, 1.165) is 12.1 Å². The third-order valence-corrected chi connectivity index (χ3v) is 2.78. The fraction of sp³-hybridized carbons (Fsp3) is 0.182. The summed E-state index contributed by atoms with van der Waals surface area (Å²) in [5.74, 6) is 4.28. The van der Waals surface area contributed by atoms with Crippen molar-refractivity contribution in [3.63, 3.8) is 0 Å². The van der Waals surface area contributed by atoms with Gasteiger partial charge in [0.05, 0.1) is 12.2 Å². The molecule has 0 aliphatic heterocycles. The van der Waals surface area contributed by atoms with Gasteiger partial charge in [-0.3, -0.25) is 10.5 Å². The van der Waals surface area contributed by atoms with Gasteiger partial charge >= 0.3 is 0 Å². The maximum atomic E-state index is 13.7. The minimum absolute atomic E-state index is 0.181. The molecule has 1 heterocycles. The van der Waals surface area contributed by atoms with Crippen molar-refractivity contribution in [1.29, 1.82) is 0 Å². The number of rotatable bonds is 3. The molecule has 0 spiro atoms. The molecule has 0 saturated heterocycles. The number of hydrogen-bond donors (Lipinski definition) is 3. The fourth-order valence-corrected chi connectivity index (χ4v) is 1.80. The molecule has 5 N–H and O–H groups in total. The molecule has 0 fully saturated rings. The zero-order chi connectivity index (χ0) is 13.3. The Kier molecular flexibility index (Phi) is 3.26. The molecule has 7 heteroatoms. The van der Waals surface area contributed by atoms with Crippen molar-refractivity contribution < 1.29 is 8.78 Å². The number of halogens is 2. The van der Waals surface area contributed by atoms with Crippen LogP contribution in [0.15, 0.2) is 24.4 Å². The highest BCUT2D eigenvalue weighted by atomic mass is 19.1. The van der Waals surface area contributed by atoms with E-state index >= 15 is 0 Å². The first-order valence-corrected chi connectivity index (χ1v) is 5.23. The molecule has 1 aromatic heterocycles. The molecule has 0 bridgehead atoms. The van der Waals surface area contributed by atoms with Gasteiger partial charge in [-0.25, -0.2) is 14.2 Å². The second-order valence-electron chi connectivity index (χ2n) is 3.84. The summed E-state index contributed by atoms with van der Waals surface area (Å²) in [6.45, 7) is 0. The van der Waals surface area contributed by atoms with Crippen molar-refractivity contribution >= 4 is 5.82 Å². The van der Waals surface area contributed by atoms with Gasteiger partial charge in [0.1, 0.15) is 17.5 Å². The van der Waals surface area contributed by atoms with Crippen LogP contribution in [0, 0.1) is 11.6 Å². The number of nitrogens with two attached hydrogens (primary N) is 2. The van der Waals surface area contributed by atoms with Crippen LogP contribution in [0.1, 0.15) is 17.2 Å². The van der Waals surface area contributed by atoms with Crippen molar-refractivity contribution in [2.45, 2.75) is 6.04 Å². The van der Waals surface area contributed by atoms with Crippen molar-refractivity contribution in [3.8, 4) is 0 Å². The van der Waals surface area contributed by atoms with Crippen LogP contribution in [0.25, 0.3) is 0 Å². The number of hydrazine groups is 1. The Bertz CT molecular complexity index is 546. The standard InChI is InChI=1S/C11H13F2N5/c1-18-11(14)6(5-16-18)10(17-15)9-7(12)3-2-4-8(9)13/h2-5,10,17H,14-15H2,1H3. The van der Waals surface area contributed by atoms with E-state index in [1.54, 1.807) is 7.05 Å². The average Bonchev–Trinajstić information content (AvgIpc) is 2.66. The third kappa shape index (κ3) is 1.93. The van der Waals surface area contributed by atoms with Crippen LogP contribution in [0.3, 0.4) is 0 Å². The first-order valence-electron chi connectivity index (χ1n) is 5.23. The third-order valence-electron chi connectivity index (χ3n) is 2.78.